The summed E-state index contributed by atoms with van der Waals surface area (Å²) in [6.45, 7) is 0.149. The van der Waals surface area contributed by atoms with E-state index in [9.17, 15) is 25.1 Å². The van der Waals surface area contributed by atoms with Crippen LogP contribution in [0.2, 0.25) is 0 Å². The molecule has 0 radical (unpaired) electrons. The number of anilines is 1. The highest BCUT2D eigenvalue weighted by molar-refractivity contribution is 5.91. The molecule has 0 bridgehead atoms. The number of aromatic hydroxyl groups is 2. The third kappa shape index (κ3) is 4.03. The largest absolute Gasteiger partial charge is 0.506 e. The second kappa shape index (κ2) is 7.18. The number of benzene rings is 2. The van der Waals surface area contributed by atoms with E-state index < -0.39 is 16.7 Å². The predicted molar refractivity (Wildman–Crippen MR) is 85.3 cm³/mol. The first-order valence-electron chi connectivity index (χ1n) is 6.79. The van der Waals surface area contributed by atoms with Crippen LogP contribution >= 0.6 is 0 Å². The predicted octanol–water partition coefficient (Wildman–Crippen LogP) is 2.34. The zero-order valence-corrected chi connectivity index (χ0v) is 12.6. The van der Waals surface area contributed by atoms with Crippen molar-refractivity contribution in [2.24, 2.45) is 0 Å². The van der Waals surface area contributed by atoms with Crippen LogP contribution in [-0.4, -0.2) is 28.3 Å². The summed E-state index contributed by atoms with van der Waals surface area (Å²) in [6, 6.07) is 7.36. The number of urea groups is 1. The summed E-state index contributed by atoms with van der Waals surface area (Å²) in [5, 5.41) is 34.7. The molecule has 24 heavy (non-hydrogen) atoms. The Labute approximate surface area is 136 Å². The Balaban J connectivity index is 1.97. The molecule has 0 aliphatic rings. The van der Waals surface area contributed by atoms with Crippen molar-refractivity contribution in [3.05, 3.63) is 52.1 Å². The number of nitrogens with zero attached hydrogens (tertiary/aromatic N) is 1. The summed E-state index contributed by atoms with van der Waals surface area (Å²) in [6.07, 6.45) is 0. The molecule has 0 atom stereocenters. The Morgan fingerprint density at radius 3 is 2.58 bits per heavy atom. The molecule has 2 aromatic carbocycles. The molecule has 2 rings (SSSR count). The van der Waals surface area contributed by atoms with Crippen LogP contribution in [0.3, 0.4) is 0 Å². The number of hydrogen-bond acceptors (Lipinski definition) is 6. The number of hydrogen-bond donors (Lipinski definition) is 4. The van der Waals surface area contributed by atoms with Crippen LogP contribution in [0.1, 0.15) is 5.56 Å². The number of ether oxygens (including phenoxy) is 1. The SMILES string of the molecule is COc1cc(CNC(=O)Nc2ccc([N+](=O)[O-])cc2O)ccc1O. The number of non-ortho nitro benzene ring substituents is 1. The molecule has 0 saturated heterocycles. The quantitative estimate of drug-likeness (QED) is 0.377. The molecule has 0 unspecified atom stereocenters. The second-order valence-corrected chi connectivity index (χ2v) is 4.77. The molecule has 2 aromatic rings. The number of methoxy groups -OCH3 is 1. The van der Waals surface area contributed by atoms with E-state index in [1.54, 1.807) is 12.1 Å². The highest BCUT2D eigenvalue weighted by Gasteiger charge is 2.12. The van der Waals surface area contributed by atoms with Gasteiger partial charge in [-0.2, -0.15) is 0 Å². The lowest BCUT2D eigenvalue weighted by atomic mass is 10.2. The number of nitrogens with one attached hydrogen (secondary N) is 2. The van der Waals surface area contributed by atoms with E-state index >= 15 is 0 Å². The summed E-state index contributed by atoms with van der Waals surface area (Å²) in [7, 11) is 1.41. The van der Waals surface area contributed by atoms with Crippen LogP contribution in [0, 0.1) is 10.1 Å². The van der Waals surface area contributed by atoms with Gasteiger partial charge in [0.25, 0.3) is 5.69 Å². The minimum atomic E-state index is -0.651. The van der Waals surface area contributed by atoms with Gasteiger partial charge in [-0.15, -0.1) is 0 Å². The molecule has 0 aliphatic heterocycles. The van der Waals surface area contributed by atoms with Crippen molar-refractivity contribution in [3.8, 4) is 17.2 Å². The van der Waals surface area contributed by atoms with Crippen LogP contribution in [0.15, 0.2) is 36.4 Å². The van der Waals surface area contributed by atoms with Crippen molar-refractivity contribution >= 4 is 17.4 Å². The molecule has 9 heteroatoms. The number of phenolic OH excluding ortho intramolecular Hbond substituents is 2. The molecule has 9 nitrogen and oxygen atoms in total. The highest BCUT2D eigenvalue weighted by Crippen LogP contribution is 2.28. The fraction of sp³-hybridized carbons (Fsp3) is 0.133. The van der Waals surface area contributed by atoms with Crippen molar-refractivity contribution in [2.45, 2.75) is 6.54 Å². The third-order valence-corrected chi connectivity index (χ3v) is 3.14. The van der Waals surface area contributed by atoms with Crippen LogP contribution in [-0.2, 0) is 6.54 Å². The minimum absolute atomic E-state index is 0.0125. The zero-order valence-electron chi connectivity index (χ0n) is 12.6. The van der Waals surface area contributed by atoms with E-state index in [0.717, 1.165) is 6.07 Å². The first-order chi connectivity index (χ1) is 11.4. The standard InChI is InChI=1S/C15H15N3O6/c1-24-14-6-9(2-5-12(14)19)8-16-15(21)17-11-4-3-10(18(22)23)7-13(11)20/h2-7,19-20H,8H2,1H3,(H2,16,17,21). The smallest absolute Gasteiger partial charge is 0.319 e. The monoisotopic (exact) mass is 333 g/mol. The third-order valence-electron chi connectivity index (χ3n) is 3.14. The summed E-state index contributed by atoms with van der Waals surface area (Å²) < 4.78 is 4.97. The van der Waals surface area contributed by atoms with E-state index in [-0.39, 0.29) is 29.4 Å². The van der Waals surface area contributed by atoms with E-state index in [1.165, 1.54) is 25.3 Å². The molecule has 0 heterocycles. The summed E-state index contributed by atoms with van der Waals surface area (Å²) in [5.74, 6) is -0.144. The second-order valence-electron chi connectivity index (χ2n) is 4.77. The first kappa shape index (κ1) is 16.9. The Morgan fingerprint density at radius 1 is 1.21 bits per heavy atom. The molecule has 0 aliphatic carbocycles. The van der Waals surface area contributed by atoms with Gasteiger partial charge in [-0.1, -0.05) is 6.07 Å². The molecule has 0 saturated carbocycles. The maximum atomic E-state index is 11.8. The molecular formula is C15H15N3O6. The van der Waals surface area contributed by atoms with Crippen LogP contribution < -0.4 is 15.4 Å². The Bertz CT molecular complexity index is 778. The van der Waals surface area contributed by atoms with E-state index in [4.69, 9.17) is 4.74 Å². The minimum Gasteiger partial charge on any atom is -0.506 e. The Kier molecular flexibility index (Phi) is 5.05. The van der Waals surface area contributed by atoms with Gasteiger partial charge in [0.05, 0.1) is 23.8 Å². The molecule has 0 aromatic heterocycles. The van der Waals surface area contributed by atoms with Gasteiger partial charge in [0.15, 0.2) is 11.5 Å². The maximum absolute atomic E-state index is 11.8. The number of amides is 2. The molecule has 4 N–H and O–H groups in total. The molecular weight excluding hydrogens is 318 g/mol. The summed E-state index contributed by atoms with van der Waals surface area (Å²) in [5.41, 5.74) is 0.448. The van der Waals surface area contributed by atoms with E-state index in [0.29, 0.717) is 5.56 Å². The molecule has 0 spiro atoms. The van der Waals surface area contributed by atoms with Crippen LogP contribution in [0.25, 0.3) is 0 Å². The lowest BCUT2D eigenvalue weighted by Crippen LogP contribution is -2.28. The lowest BCUT2D eigenvalue weighted by Gasteiger charge is -2.10. The lowest BCUT2D eigenvalue weighted by molar-refractivity contribution is -0.384. The number of carbonyl (C=O) groups is 1. The normalized spacial score (nSPS) is 10.0. The van der Waals surface area contributed by atoms with E-state index in [1.807, 2.05) is 0 Å². The van der Waals surface area contributed by atoms with Crippen molar-refractivity contribution in [2.75, 3.05) is 12.4 Å². The van der Waals surface area contributed by atoms with Crippen LogP contribution in [0.4, 0.5) is 16.2 Å². The van der Waals surface area contributed by atoms with Gasteiger partial charge in [0.2, 0.25) is 0 Å². The van der Waals surface area contributed by atoms with Crippen molar-refractivity contribution in [3.63, 3.8) is 0 Å². The number of carbonyl (C=O) groups excluding carboxylic acids is 1. The van der Waals surface area contributed by atoms with Crippen molar-refractivity contribution in [1.82, 2.24) is 5.32 Å². The zero-order chi connectivity index (χ0) is 17.7. The summed E-state index contributed by atoms with van der Waals surface area (Å²) >= 11 is 0. The summed E-state index contributed by atoms with van der Waals surface area (Å²) in [4.78, 5) is 21.8. The van der Waals surface area contributed by atoms with Crippen LogP contribution in [0.5, 0.6) is 17.2 Å². The van der Waals surface area contributed by atoms with Gasteiger partial charge in [-0.25, -0.2) is 4.79 Å². The van der Waals surface area contributed by atoms with Gasteiger partial charge in [0, 0.05) is 12.6 Å². The van der Waals surface area contributed by atoms with Gasteiger partial charge < -0.3 is 25.6 Å². The maximum Gasteiger partial charge on any atom is 0.319 e. The van der Waals surface area contributed by atoms with Gasteiger partial charge >= 0.3 is 6.03 Å². The Hall–Kier alpha value is -3.49. The van der Waals surface area contributed by atoms with Gasteiger partial charge in [-0.3, -0.25) is 10.1 Å². The number of nitro groups is 1. The Morgan fingerprint density at radius 2 is 1.96 bits per heavy atom. The van der Waals surface area contributed by atoms with Crippen molar-refractivity contribution < 1.29 is 24.7 Å². The molecule has 2 amide bonds. The highest BCUT2D eigenvalue weighted by atomic mass is 16.6. The van der Waals surface area contributed by atoms with Gasteiger partial charge in [0.1, 0.15) is 5.75 Å². The number of rotatable bonds is 5. The average molecular weight is 333 g/mol. The topological polar surface area (TPSA) is 134 Å². The molecule has 0 fully saturated rings. The number of nitro benzene ring substituents is 1. The van der Waals surface area contributed by atoms with E-state index in [2.05, 4.69) is 10.6 Å². The van der Waals surface area contributed by atoms with Crippen molar-refractivity contribution in [1.29, 1.82) is 0 Å². The fourth-order valence-corrected chi connectivity index (χ4v) is 1.92. The molecule has 126 valence electrons. The number of phenols is 2. The van der Waals surface area contributed by atoms with Gasteiger partial charge in [-0.05, 0) is 23.8 Å². The fourth-order valence-electron chi connectivity index (χ4n) is 1.92. The first-order valence-corrected chi connectivity index (χ1v) is 6.79. The average Bonchev–Trinajstić information content (AvgIpc) is 2.55.